The molecule has 15 heavy (non-hydrogen) atoms. The smallest absolute Gasteiger partial charge is 0.0213 e. The maximum Gasteiger partial charge on any atom is 0.0213 e. The quantitative estimate of drug-likeness (QED) is 0.735. The summed E-state index contributed by atoms with van der Waals surface area (Å²) in [6.45, 7) is 8.81. The lowest BCUT2D eigenvalue weighted by Crippen LogP contribution is -2.45. The lowest BCUT2D eigenvalue weighted by Gasteiger charge is -2.36. The van der Waals surface area contributed by atoms with Gasteiger partial charge in [-0.1, -0.05) is 40.0 Å². The van der Waals surface area contributed by atoms with Crippen LogP contribution in [-0.4, -0.2) is 19.1 Å². The Bertz CT molecular complexity index is 171. The minimum absolute atomic E-state index is 0.490. The van der Waals surface area contributed by atoms with Crippen molar-refractivity contribution in [2.75, 3.05) is 13.1 Å². The molecule has 1 fully saturated rings. The summed E-state index contributed by atoms with van der Waals surface area (Å²) in [4.78, 5) is 0. The first-order chi connectivity index (χ1) is 7.07. The van der Waals surface area contributed by atoms with Gasteiger partial charge in [-0.15, -0.1) is 0 Å². The van der Waals surface area contributed by atoms with Gasteiger partial charge in [0.15, 0.2) is 0 Å². The van der Waals surface area contributed by atoms with Gasteiger partial charge in [-0.05, 0) is 24.2 Å². The number of hydrogen-bond acceptors (Lipinski definition) is 2. The van der Waals surface area contributed by atoms with Crippen LogP contribution in [0.25, 0.3) is 0 Å². The number of rotatable bonds is 5. The van der Waals surface area contributed by atoms with Crippen molar-refractivity contribution in [2.24, 2.45) is 17.1 Å². The average Bonchev–Trinajstić information content (AvgIpc) is 2.19. The van der Waals surface area contributed by atoms with Crippen LogP contribution in [0.2, 0.25) is 0 Å². The van der Waals surface area contributed by atoms with Crippen molar-refractivity contribution in [1.29, 1.82) is 0 Å². The molecule has 0 heterocycles. The van der Waals surface area contributed by atoms with E-state index < -0.39 is 0 Å². The Balaban J connectivity index is 2.33. The minimum atomic E-state index is 0.490. The van der Waals surface area contributed by atoms with E-state index in [0.29, 0.717) is 17.4 Å². The second kappa shape index (κ2) is 5.86. The first kappa shape index (κ1) is 13.0. The number of nitrogens with one attached hydrogen (secondary N) is 1. The monoisotopic (exact) mass is 212 g/mol. The molecule has 1 rings (SSSR count). The Morgan fingerprint density at radius 1 is 1.20 bits per heavy atom. The van der Waals surface area contributed by atoms with Gasteiger partial charge in [0.2, 0.25) is 0 Å². The van der Waals surface area contributed by atoms with Crippen LogP contribution in [-0.2, 0) is 0 Å². The first-order valence-electron chi connectivity index (χ1n) is 6.51. The molecular formula is C13H28N2. The van der Waals surface area contributed by atoms with Gasteiger partial charge in [0.25, 0.3) is 0 Å². The second-order valence-corrected chi connectivity index (χ2v) is 5.84. The zero-order valence-corrected chi connectivity index (χ0v) is 10.7. The Morgan fingerprint density at radius 3 is 2.27 bits per heavy atom. The molecule has 1 saturated carbocycles. The molecule has 1 atom stereocenters. The molecule has 2 nitrogen and oxygen atoms in total. The number of hydrogen-bond donors (Lipinski definition) is 2. The first-order valence-corrected chi connectivity index (χ1v) is 6.51. The van der Waals surface area contributed by atoms with Crippen molar-refractivity contribution < 1.29 is 0 Å². The standard InChI is InChI=1S/C13H28N2/c1-11(2)12(9-14)15-10-13(3)7-5-4-6-8-13/h11-12,15H,4-10,14H2,1-3H3. The minimum Gasteiger partial charge on any atom is -0.329 e. The van der Waals surface area contributed by atoms with Crippen LogP contribution in [0.3, 0.4) is 0 Å². The predicted octanol–water partition coefficient (Wildman–Crippen LogP) is 2.53. The van der Waals surface area contributed by atoms with E-state index in [2.05, 4.69) is 26.1 Å². The normalized spacial score (nSPS) is 23.0. The summed E-state index contributed by atoms with van der Waals surface area (Å²) in [7, 11) is 0. The third-order valence-corrected chi connectivity index (χ3v) is 3.91. The van der Waals surface area contributed by atoms with Crippen LogP contribution >= 0.6 is 0 Å². The molecule has 0 aromatic carbocycles. The van der Waals surface area contributed by atoms with Crippen molar-refractivity contribution in [3.05, 3.63) is 0 Å². The fraction of sp³-hybridized carbons (Fsp3) is 1.00. The van der Waals surface area contributed by atoms with Gasteiger partial charge in [0.1, 0.15) is 0 Å². The van der Waals surface area contributed by atoms with E-state index in [9.17, 15) is 0 Å². The predicted molar refractivity (Wildman–Crippen MR) is 66.9 cm³/mol. The highest BCUT2D eigenvalue weighted by molar-refractivity contribution is 4.83. The largest absolute Gasteiger partial charge is 0.329 e. The lowest BCUT2D eigenvalue weighted by atomic mass is 9.75. The summed E-state index contributed by atoms with van der Waals surface area (Å²) >= 11 is 0. The average molecular weight is 212 g/mol. The van der Waals surface area contributed by atoms with Crippen molar-refractivity contribution in [1.82, 2.24) is 5.32 Å². The molecule has 0 aromatic rings. The molecule has 0 bridgehead atoms. The van der Waals surface area contributed by atoms with Crippen LogP contribution in [0.4, 0.5) is 0 Å². The highest BCUT2D eigenvalue weighted by Gasteiger charge is 2.27. The van der Waals surface area contributed by atoms with Crippen LogP contribution in [0, 0.1) is 11.3 Å². The molecule has 0 radical (unpaired) electrons. The Morgan fingerprint density at radius 2 is 1.80 bits per heavy atom. The summed E-state index contributed by atoms with van der Waals surface area (Å²) in [5.74, 6) is 0.641. The van der Waals surface area contributed by atoms with Gasteiger partial charge in [-0.25, -0.2) is 0 Å². The fourth-order valence-electron chi connectivity index (χ4n) is 2.55. The summed E-state index contributed by atoms with van der Waals surface area (Å²) in [6, 6.07) is 0.490. The van der Waals surface area contributed by atoms with E-state index in [-0.39, 0.29) is 0 Å². The van der Waals surface area contributed by atoms with Crippen LogP contribution in [0.5, 0.6) is 0 Å². The highest BCUT2D eigenvalue weighted by Crippen LogP contribution is 2.35. The molecule has 1 unspecified atom stereocenters. The molecular weight excluding hydrogens is 184 g/mol. The number of nitrogens with two attached hydrogens (primary N) is 1. The molecule has 0 amide bonds. The molecule has 0 saturated heterocycles. The summed E-state index contributed by atoms with van der Waals surface area (Å²) in [6.07, 6.45) is 7.02. The van der Waals surface area contributed by atoms with Gasteiger partial charge < -0.3 is 11.1 Å². The van der Waals surface area contributed by atoms with Gasteiger partial charge in [0.05, 0.1) is 0 Å². The third-order valence-electron chi connectivity index (χ3n) is 3.91. The molecule has 0 aromatic heterocycles. The van der Waals surface area contributed by atoms with Gasteiger partial charge >= 0.3 is 0 Å². The fourth-order valence-corrected chi connectivity index (χ4v) is 2.55. The van der Waals surface area contributed by atoms with Crippen LogP contribution in [0.1, 0.15) is 52.9 Å². The van der Waals surface area contributed by atoms with E-state index >= 15 is 0 Å². The van der Waals surface area contributed by atoms with Crippen LogP contribution < -0.4 is 11.1 Å². The Kier molecular flexibility index (Phi) is 5.07. The molecule has 0 spiro atoms. The van der Waals surface area contributed by atoms with Gasteiger partial charge in [-0.3, -0.25) is 0 Å². The van der Waals surface area contributed by atoms with E-state index in [0.717, 1.165) is 13.1 Å². The summed E-state index contributed by atoms with van der Waals surface area (Å²) in [5, 5.41) is 3.65. The summed E-state index contributed by atoms with van der Waals surface area (Å²) in [5.41, 5.74) is 6.30. The third kappa shape index (κ3) is 4.12. The Labute approximate surface area is 95.0 Å². The maximum atomic E-state index is 5.77. The Hall–Kier alpha value is -0.0800. The molecule has 1 aliphatic rings. The van der Waals surface area contributed by atoms with Gasteiger partial charge in [-0.2, -0.15) is 0 Å². The molecule has 2 heteroatoms. The second-order valence-electron chi connectivity index (χ2n) is 5.84. The SMILES string of the molecule is CC(C)C(CN)NCC1(C)CCCCC1. The van der Waals surface area contributed by atoms with Crippen molar-refractivity contribution >= 4 is 0 Å². The molecule has 90 valence electrons. The van der Waals surface area contributed by atoms with Gasteiger partial charge in [0, 0.05) is 19.1 Å². The molecule has 1 aliphatic carbocycles. The van der Waals surface area contributed by atoms with E-state index in [1.165, 1.54) is 32.1 Å². The van der Waals surface area contributed by atoms with Crippen molar-refractivity contribution in [2.45, 2.75) is 58.9 Å². The maximum absolute atomic E-state index is 5.77. The summed E-state index contributed by atoms with van der Waals surface area (Å²) < 4.78 is 0. The van der Waals surface area contributed by atoms with Crippen molar-refractivity contribution in [3.63, 3.8) is 0 Å². The van der Waals surface area contributed by atoms with E-state index in [1.54, 1.807) is 0 Å². The highest BCUT2D eigenvalue weighted by atomic mass is 14.9. The van der Waals surface area contributed by atoms with Crippen LogP contribution in [0.15, 0.2) is 0 Å². The van der Waals surface area contributed by atoms with E-state index in [4.69, 9.17) is 5.73 Å². The molecule has 3 N–H and O–H groups in total. The molecule has 0 aliphatic heterocycles. The lowest BCUT2D eigenvalue weighted by molar-refractivity contribution is 0.194. The zero-order valence-electron chi connectivity index (χ0n) is 10.7. The van der Waals surface area contributed by atoms with E-state index in [1.807, 2.05) is 0 Å². The van der Waals surface area contributed by atoms with Crippen molar-refractivity contribution in [3.8, 4) is 0 Å². The topological polar surface area (TPSA) is 38.0 Å². The zero-order chi connectivity index (χ0) is 11.3.